The molecule has 1 aliphatic heterocycles. The molecule has 1 aliphatic rings. The third-order valence-electron chi connectivity index (χ3n) is 3.95. The van der Waals surface area contributed by atoms with E-state index >= 15 is 0 Å². The van der Waals surface area contributed by atoms with Gasteiger partial charge in [-0.05, 0) is 17.7 Å². The Hall–Kier alpha value is -2.67. The number of carbonyl (C=O) groups is 3. The molecule has 3 amide bonds. The number of nitrogens with zero attached hydrogens (tertiary/aromatic N) is 3. The Morgan fingerprint density at radius 2 is 1.80 bits per heavy atom. The van der Waals surface area contributed by atoms with E-state index in [-0.39, 0.29) is 43.5 Å². The van der Waals surface area contributed by atoms with Crippen molar-refractivity contribution in [3.05, 3.63) is 47.1 Å². The zero-order valence-electron chi connectivity index (χ0n) is 13.4. The summed E-state index contributed by atoms with van der Waals surface area (Å²) < 4.78 is 1.66. The Morgan fingerprint density at radius 1 is 1.12 bits per heavy atom. The fourth-order valence-corrected chi connectivity index (χ4v) is 2.74. The number of imide groups is 1. The van der Waals surface area contributed by atoms with Crippen LogP contribution >= 0.6 is 11.6 Å². The van der Waals surface area contributed by atoms with Gasteiger partial charge in [-0.3, -0.25) is 19.3 Å². The second-order valence-corrected chi connectivity index (χ2v) is 6.17. The molecule has 2 heterocycles. The molecule has 3 rings (SSSR count). The van der Waals surface area contributed by atoms with Crippen molar-refractivity contribution >= 4 is 35.1 Å². The number of benzene rings is 1. The highest BCUT2D eigenvalue weighted by Gasteiger charge is 2.28. The van der Waals surface area contributed by atoms with Crippen molar-refractivity contribution in [3.63, 3.8) is 0 Å². The lowest BCUT2D eigenvalue weighted by atomic mass is 10.2. The summed E-state index contributed by atoms with van der Waals surface area (Å²) in [6.07, 6.45) is 2.12. The smallest absolute Gasteiger partial charge is 0.229 e. The molecule has 1 N–H and O–H groups in total. The lowest BCUT2D eigenvalue weighted by molar-refractivity contribution is -0.138. The number of halogens is 1. The molecule has 0 aliphatic carbocycles. The standard InChI is InChI=1S/C17H17ClN4O3/c18-13-3-1-12(2-4-13)11-22-14(7-9-19-22)20-15(23)8-10-21-16(24)5-6-17(21)25/h1-4,7,9H,5-6,8,10-11H2,(H,20,23). The second kappa shape index (κ2) is 7.48. The maximum Gasteiger partial charge on any atom is 0.229 e. The first-order valence-electron chi connectivity index (χ1n) is 7.92. The first-order valence-corrected chi connectivity index (χ1v) is 8.30. The van der Waals surface area contributed by atoms with Gasteiger partial charge < -0.3 is 5.32 Å². The highest BCUT2D eigenvalue weighted by molar-refractivity contribution is 6.30. The first kappa shape index (κ1) is 17.2. The molecule has 1 aromatic carbocycles. The highest BCUT2D eigenvalue weighted by atomic mass is 35.5. The summed E-state index contributed by atoms with van der Waals surface area (Å²) >= 11 is 5.87. The van der Waals surface area contributed by atoms with Crippen LogP contribution in [-0.2, 0) is 20.9 Å². The molecular formula is C17H17ClN4O3. The van der Waals surface area contributed by atoms with E-state index in [1.54, 1.807) is 29.1 Å². The molecule has 1 saturated heterocycles. The lowest BCUT2D eigenvalue weighted by Crippen LogP contribution is -2.32. The van der Waals surface area contributed by atoms with Crippen LogP contribution in [-0.4, -0.2) is 38.9 Å². The van der Waals surface area contributed by atoms with E-state index in [0.29, 0.717) is 17.4 Å². The molecule has 1 fully saturated rings. The van der Waals surface area contributed by atoms with Gasteiger partial charge in [-0.1, -0.05) is 23.7 Å². The first-order chi connectivity index (χ1) is 12.0. The number of anilines is 1. The fourth-order valence-electron chi connectivity index (χ4n) is 2.62. The van der Waals surface area contributed by atoms with Gasteiger partial charge in [-0.15, -0.1) is 0 Å². The topological polar surface area (TPSA) is 84.3 Å². The quantitative estimate of drug-likeness (QED) is 0.799. The van der Waals surface area contributed by atoms with Crippen LogP contribution in [0.3, 0.4) is 0 Å². The Labute approximate surface area is 149 Å². The zero-order valence-corrected chi connectivity index (χ0v) is 14.2. The average Bonchev–Trinajstić information content (AvgIpc) is 3.15. The number of nitrogens with one attached hydrogen (secondary N) is 1. The zero-order chi connectivity index (χ0) is 17.8. The third kappa shape index (κ3) is 4.24. The minimum atomic E-state index is -0.273. The Morgan fingerprint density at radius 3 is 2.48 bits per heavy atom. The summed E-state index contributed by atoms with van der Waals surface area (Å²) in [6.45, 7) is 0.595. The van der Waals surface area contributed by atoms with Crippen LogP contribution in [0.25, 0.3) is 0 Å². The van der Waals surface area contributed by atoms with Crippen molar-refractivity contribution in [2.45, 2.75) is 25.8 Å². The van der Waals surface area contributed by atoms with Gasteiger partial charge in [0, 0.05) is 36.9 Å². The van der Waals surface area contributed by atoms with E-state index < -0.39 is 0 Å². The van der Waals surface area contributed by atoms with Gasteiger partial charge in [0.05, 0.1) is 12.7 Å². The summed E-state index contributed by atoms with van der Waals surface area (Å²) in [7, 11) is 0. The van der Waals surface area contributed by atoms with E-state index in [1.165, 1.54) is 0 Å². The predicted molar refractivity (Wildman–Crippen MR) is 92.0 cm³/mol. The van der Waals surface area contributed by atoms with Gasteiger partial charge >= 0.3 is 0 Å². The maximum absolute atomic E-state index is 12.1. The summed E-state index contributed by atoms with van der Waals surface area (Å²) in [5.41, 5.74) is 0.997. The Balaban J connectivity index is 1.57. The van der Waals surface area contributed by atoms with Crippen LogP contribution in [0.15, 0.2) is 36.5 Å². The number of hydrogen-bond acceptors (Lipinski definition) is 4. The molecule has 0 radical (unpaired) electrons. The van der Waals surface area contributed by atoms with Gasteiger partial charge in [-0.2, -0.15) is 5.10 Å². The van der Waals surface area contributed by atoms with Crippen molar-refractivity contribution in [3.8, 4) is 0 Å². The van der Waals surface area contributed by atoms with Gasteiger partial charge in [-0.25, -0.2) is 4.68 Å². The highest BCUT2D eigenvalue weighted by Crippen LogP contribution is 2.15. The van der Waals surface area contributed by atoms with Gasteiger partial charge in [0.25, 0.3) is 0 Å². The van der Waals surface area contributed by atoms with Crippen LogP contribution in [0, 0.1) is 0 Å². The molecular weight excluding hydrogens is 344 g/mol. The van der Waals surface area contributed by atoms with Gasteiger partial charge in [0.2, 0.25) is 17.7 Å². The Kier molecular flexibility index (Phi) is 5.14. The molecule has 0 saturated carbocycles. The van der Waals surface area contributed by atoms with Crippen LogP contribution in [0.4, 0.5) is 5.82 Å². The van der Waals surface area contributed by atoms with E-state index in [4.69, 9.17) is 11.6 Å². The van der Waals surface area contributed by atoms with Crippen LogP contribution in [0.1, 0.15) is 24.8 Å². The van der Waals surface area contributed by atoms with Crippen molar-refractivity contribution in [2.75, 3.05) is 11.9 Å². The molecule has 0 bridgehead atoms. The van der Waals surface area contributed by atoms with E-state index in [1.807, 2.05) is 12.1 Å². The summed E-state index contributed by atoms with van der Waals surface area (Å²) in [4.78, 5) is 36.3. The normalized spacial score (nSPS) is 14.2. The van der Waals surface area contributed by atoms with Crippen molar-refractivity contribution < 1.29 is 14.4 Å². The molecule has 130 valence electrons. The maximum atomic E-state index is 12.1. The second-order valence-electron chi connectivity index (χ2n) is 5.74. The number of aromatic nitrogens is 2. The molecule has 0 unspecified atom stereocenters. The fraction of sp³-hybridized carbons (Fsp3) is 0.294. The van der Waals surface area contributed by atoms with E-state index in [9.17, 15) is 14.4 Å². The summed E-state index contributed by atoms with van der Waals surface area (Å²) in [5, 5.41) is 7.62. The summed E-state index contributed by atoms with van der Waals surface area (Å²) in [6, 6.07) is 9.06. The van der Waals surface area contributed by atoms with Crippen LogP contribution in [0.2, 0.25) is 5.02 Å². The summed E-state index contributed by atoms with van der Waals surface area (Å²) in [5.74, 6) is -0.152. The number of rotatable bonds is 6. The molecule has 2 aromatic rings. The molecule has 8 heteroatoms. The van der Waals surface area contributed by atoms with Crippen LogP contribution < -0.4 is 5.32 Å². The minimum Gasteiger partial charge on any atom is -0.311 e. The Bertz CT molecular complexity index is 784. The predicted octanol–water partition coefficient (Wildman–Crippen LogP) is 2.06. The number of amides is 3. The molecule has 0 spiro atoms. The van der Waals surface area contributed by atoms with Crippen LogP contribution in [0.5, 0.6) is 0 Å². The van der Waals surface area contributed by atoms with Crippen molar-refractivity contribution in [2.24, 2.45) is 0 Å². The molecule has 0 atom stereocenters. The molecule has 25 heavy (non-hydrogen) atoms. The van der Waals surface area contributed by atoms with Gasteiger partial charge in [0.15, 0.2) is 0 Å². The minimum absolute atomic E-state index is 0.0591. The third-order valence-corrected chi connectivity index (χ3v) is 4.20. The molecule has 7 nitrogen and oxygen atoms in total. The lowest BCUT2D eigenvalue weighted by Gasteiger charge is -2.14. The van der Waals surface area contributed by atoms with Gasteiger partial charge in [0.1, 0.15) is 5.82 Å². The number of carbonyl (C=O) groups excluding carboxylic acids is 3. The SMILES string of the molecule is O=C(CCN1C(=O)CCC1=O)Nc1ccnn1Cc1ccc(Cl)cc1. The monoisotopic (exact) mass is 360 g/mol. The van der Waals surface area contributed by atoms with E-state index in [2.05, 4.69) is 10.4 Å². The average molecular weight is 361 g/mol. The molecule has 1 aromatic heterocycles. The van der Waals surface area contributed by atoms with Crippen molar-refractivity contribution in [1.82, 2.24) is 14.7 Å². The van der Waals surface area contributed by atoms with E-state index in [0.717, 1.165) is 10.5 Å². The van der Waals surface area contributed by atoms with Crippen molar-refractivity contribution in [1.29, 1.82) is 0 Å². The largest absolute Gasteiger partial charge is 0.311 e. The number of hydrogen-bond donors (Lipinski definition) is 1. The number of likely N-dealkylation sites (tertiary alicyclic amines) is 1.